The zero-order chi connectivity index (χ0) is 13.5. The van der Waals surface area contributed by atoms with Crippen molar-refractivity contribution in [3.8, 4) is 0 Å². The Hall–Kier alpha value is -1.06. The highest BCUT2D eigenvalue weighted by Gasteiger charge is 2.12. The normalized spacial score (nSPS) is 12.5. The van der Waals surface area contributed by atoms with E-state index in [0.717, 1.165) is 25.8 Å². The molecular formula is C16H20BrNO. The van der Waals surface area contributed by atoms with Crippen molar-refractivity contribution in [3.63, 3.8) is 0 Å². The van der Waals surface area contributed by atoms with Gasteiger partial charge in [-0.3, -0.25) is 0 Å². The van der Waals surface area contributed by atoms with E-state index < -0.39 is 0 Å². The molecule has 102 valence electrons. The Labute approximate surface area is 123 Å². The highest BCUT2D eigenvalue weighted by molar-refractivity contribution is 9.10. The third-order valence-corrected chi connectivity index (χ3v) is 3.94. The van der Waals surface area contributed by atoms with Crippen molar-refractivity contribution < 1.29 is 4.42 Å². The summed E-state index contributed by atoms with van der Waals surface area (Å²) in [6, 6.07) is 10.9. The molecule has 1 atom stereocenters. The number of furan rings is 1. The van der Waals surface area contributed by atoms with E-state index in [1.165, 1.54) is 15.6 Å². The molecule has 2 aromatic rings. The molecule has 0 amide bonds. The van der Waals surface area contributed by atoms with Gasteiger partial charge in [-0.05, 0) is 49.1 Å². The van der Waals surface area contributed by atoms with Crippen molar-refractivity contribution in [3.05, 3.63) is 58.5 Å². The third-order valence-electron chi connectivity index (χ3n) is 3.17. The van der Waals surface area contributed by atoms with Crippen LogP contribution in [-0.4, -0.2) is 12.6 Å². The molecule has 1 aromatic carbocycles. The van der Waals surface area contributed by atoms with Gasteiger partial charge in [-0.25, -0.2) is 0 Å². The van der Waals surface area contributed by atoms with Crippen molar-refractivity contribution in [2.45, 2.75) is 32.2 Å². The molecule has 0 aliphatic carbocycles. The van der Waals surface area contributed by atoms with Gasteiger partial charge in [0.25, 0.3) is 0 Å². The van der Waals surface area contributed by atoms with Gasteiger partial charge in [-0.2, -0.15) is 0 Å². The Kier molecular flexibility index (Phi) is 5.67. The monoisotopic (exact) mass is 321 g/mol. The standard InChI is InChI=1S/C16H20BrNO/c1-2-8-18-15(10-13-7-9-19-12-13)11-14-5-3-4-6-16(14)17/h3-7,9,12,15,18H,2,8,10-11H2,1H3. The molecule has 0 fully saturated rings. The molecule has 1 heterocycles. The first-order valence-electron chi connectivity index (χ1n) is 6.77. The molecule has 0 aliphatic rings. The summed E-state index contributed by atoms with van der Waals surface area (Å²) in [6.45, 7) is 3.24. The molecule has 1 unspecified atom stereocenters. The second-order valence-corrected chi connectivity index (χ2v) is 5.64. The van der Waals surface area contributed by atoms with E-state index >= 15 is 0 Å². The Morgan fingerprint density at radius 3 is 2.74 bits per heavy atom. The van der Waals surface area contributed by atoms with Crippen LogP contribution in [-0.2, 0) is 12.8 Å². The molecule has 1 N–H and O–H groups in total. The summed E-state index contributed by atoms with van der Waals surface area (Å²) < 4.78 is 6.34. The van der Waals surface area contributed by atoms with Crippen LogP contribution in [0.5, 0.6) is 0 Å². The van der Waals surface area contributed by atoms with Crippen LogP contribution in [0.4, 0.5) is 0 Å². The molecular weight excluding hydrogens is 302 g/mol. The first kappa shape index (κ1) is 14.4. The lowest BCUT2D eigenvalue weighted by atomic mass is 10.0. The molecule has 0 saturated heterocycles. The lowest BCUT2D eigenvalue weighted by Crippen LogP contribution is -2.33. The Balaban J connectivity index is 2.03. The van der Waals surface area contributed by atoms with Crippen LogP contribution in [0.25, 0.3) is 0 Å². The van der Waals surface area contributed by atoms with Crippen LogP contribution in [0, 0.1) is 0 Å². The smallest absolute Gasteiger partial charge is 0.0935 e. The number of hydrogen-bond donors (Lipinski definition) is 1. The number of halogens is 1. The average Bonchev–Trinajstić information content (AvgIpc) is 2.91. The quantitative estimate of drug-likeness (QED) is 0.827. The van der Waals surface area contributed by atoms with Crippen molar-refractivity contribution >= 4 is 15.9 Å². The Bertz CT molecular complexity index is 481. The number of nitrogens with one attached hydrogen (secondary N) is 1. The van der Waals surface area contributed by atoms with Crippen LogP contribution in [0.3, 0.4) is 0 Å². The molecule has 0 bridgehead atoms. The van der Waals surface area contributed by atoms with Crippen molar-refractivity contribution in [2.75, 3.05) is 6.54 Å². The predicted octanol–water partition coefficient (Wildman–Crippen LogP) is 4.20. The van der Waals surface area contributed by atoms with Gasteiger partial charge >= 0.3 is 0 Å². The lowest BCUT2D eigenvalue weighted by Gasteiger charge is -2.18. The molecule has 0 aliphatic heterocycles. The second kappa shape index (κ2) is 7.51. The molecule has 2 nitrogen and oxygen atoms in total. The highest BCUT2D eigenvalue weighted by atomic mass is 79.9. The van der Waals surface area contributed by atoms with Crippen molar-refractivity contribution in [1.82, 2.24) is 5.32 Å². The van der Waals surface area contributed by atoms with Gasteiger partial charge in [0.1, 0.15) is 0 Å². The van der Waals surface area contributed by atoms with Gasteiger partial charge < -0.3 is 9.73 Å². The second-order valence-electron chi connectivity index (χ2n) is 4.78. The van der Waals surface area contributed by atoms with Gasteiger partial charge in [-0.15, -0.1) is 0 Å². The number of rotatable bonds is 7. The van der Waals surface area contributed by atoms with Crippen LogP contribution in [0.2, 0.25) is 0 Å². The van der Waals surface area contributed by atoms with Crippen LogP contribution < -0.4 is 5.32 Å². The van der Waals surface area contributed by atoms with E-state index in [0.29, 0.717) is 6.04 Å². The minimum atomic E-state index is 0.441. The molecule has 2 rings (SSSR count). The first-order valence-corrected chi connectivity index (χ1v) is 7.56. The largest absolute Gasteiger partial charge is 0.472 e. The van der Waals surface area contributed by atoms with E-state index in [9.17, 15) is 0 Å². The molecule has 1 aromatic heterocycles. The van der Waals surface area contributed by atoms with E-state index in [-0.39, 0.29) is 0 Å². The lowest BCUT2D eigenvalue weighted by molar-refractivity contribution is 0.499. The fraction of sp³-hybridized carbons (Fsp3) is 0.375. The average molecular weight is 322 g/mol. The topological polar surface area (TPSA) is 25.2 Å². The van der Waals surface area contributed by atoms with Gasteiger partial charge in [0, 0.05) is 10.5 Å². The summed E-state index contributed by atoms with van der Waals surface area (Å²) in [5.41, 5.74) is 2.60. The maximum atomic E-state index is 5.16. The zero-order valence-corrected chi connectivity index (χ0v) is 12.8. The SMILES string of the molecule is CCCNC(Cc1ccoc1)Cc1ccccc1Br. The highest BCUT2D eigenvalue weighted by Crippen LogP contribution is 2.19. The summed E-state index contributed by atoms with van der Waals surface area (Å²) in [5, 5.41) is 3.62. The van der Waals surface area contributed by atoms with Crippen LogP contribution in [0.1, 0.15) is 24.5 Å². The molecule has 0 spiro atoms. The third kappa shape index (κ3) is 4.51. The van der Waals surface area contributed by atoms with Crippen LogP contribution in [0.15, 0.2) is 51.7 Å². The molecule has 3 heteroatoms. The van der Waals surface area contributed by atoms with E-state index in [1.807, 2.05) is 12.3 Å². The first-order chi connectivity index (χ1) is 9.29. The van der Waals surface area contributed by atoms with Crippen molar-refractivity contribution in [1.29, 1.82) is 0 Å². The zero-order valence-electron chi connectivity index (χ0n) is 11.2. The summed E-state index contributed by atoms with van der Waals surface area (Å²) in [7, 11) is 0. The van der Waals surface area contributed by atoms with Gasteiger partial charge in [0.15, 0.2) is 0 Å². The summed E-state index contributed by atoms with van der Waals surface area (Å²) >= 11 is 3.62. The van der Waals surface area contributed by atoms with Gasteiger partial charge in [-0.1, -0.05) is 41.1 Å². The summed E-state index contributed by atoms with van der Waals surface area (Å²) in [4.78, 5) is 0. The summed E-state index contributed by atoms with van der Waals surface area (Å²) in [6.07, 6.45) is 6.74. The Morgan fingerprint density at radius 2 is 2.05 bits per heavy atom. The van der Waals surface area contributed by atoms with Gasteiger partial charge in [0.05, 0.1) is 12.5 Å². The molecule has 0 radical (unpaired) electrons. The van der Waals surface area contributed by atoms with Crippen LogP contribution >= 0.6 is 15.9 Å². The molecule has 0 saturated carbocycles. The number of hydrogen-bond acceptors (Lipinski definition) is 2. The van der Waals surface area contributed by atoms with E-state index in [2.05, 4.69) is 52.4 Å². The van der Waals surface area contributed by atoms with E-state index in [4.69, 9.17) is 4.42 Å². The summed E-state index contributed by atoms with van der Waals surface area (Å²) in [5.74, 6) is 0. The van der Waals surface area contributed by atoms with Gasteiger partial charge in [0.2, 0.25) is 0 Å². The fourth-order valence-corrected chi connectivity index (χ4v) is 2.63. The maximum absolute atomic E-state index is 5.16. The van der Waals surface area contributed by atoms with E-state index in [1.54, 1.807) is 6.26 Å². The molecule has 19 heavy (non-hydrogen) atoms. The maximum Gasteiger partial charge on any atom is 0.0935 e. The minimum absolute atomic E-state index is 0.441. The minimum Gasteiger partial charge on any atom is -0.472 e. The predicted molar refractivity (Wildman–Crippen MR) is 82.3 cm³/mol. The fourth-order valence-electron chi connectivity index (χ4n) is 2.19. The van der Waals surface area contributed by atoms with Crippen molar-refractivity contribution in [2.24, 2.45) is 0 Å². The number of benzene rings is 1. The Morgan fingerprint density at radius 1 is 1.21 bits per heavy atom.